The Labute approximate surface area is 91.8 Å². The normalized spacial score (nSPS) is 12.0. The molecular weight excluding hydrogens is 202 g/mol. The molecule has 0 saturated carbocycles. The molecule has 0 atom stereocenters. The summed E-state index contributed by atoms with van der Waals surface area (Å²) in [6.07, 6.45) is 1.82. The SMILES string of the molecule is NCCNCC(N)(CCS)CCS. The molecule has 5 N–H and O–H groups in total. The number of nitrogens with two attached hydrogens (primary N) is 2. The van der Waals surface area contributed by atoms with Crippen LogP contribution < -0.4 is 16.8 Å². The average Bonchev–Trinajstić information content (AvgIpc) is 2.05. The minimum absolute atomic E-state index is 0.168. The molecule has 0 spiro atoms. The molecular formula is C8H21N3S2. The summed E-state index contributed by atoms with van der Waals surface area (Å²) in [4.78, 5) is 0. The van der Waals surface area contributed by atoms with Gasteiger partial charge in [-0.25, -0.2) is 0 Å². The van der Waals surface area contributed by atoms with Crippen LogP contribution in [0.25, 0.3) is 0 Å². The van der Waals surface area contributed by atoms with Crippen LogP contribution in [0.2, 0.25) is 0 Å². The predicted octanol–water partition coefficient (Wildman–Crippen LogP) is -0.128. The van der Waals surface area contributed by atoms with Gasteiger partial charge < -0.3 is 16.8 Å². The standard InChI is InChI=1S/C8H21N3S2/c9-3-4-11-7-8(10,1-5-12)2-6-13/h11-13H,1-7,9-10H2. The number of hydrogen-bond acceptors (Lipinski definition) is 5. The maximum absolute atomic E-state index is 6.16. The third-order valence-electron chi connectivity index (χ3n) is 2.02. The van der Waals surface area contributed by atoms with Crippen LogP contribution >= 0.6 is 25.3 Å². The van der Waals surface area contributed by atoms with Crippen molar-refractivity contribution in [3.63, 3.8) is 0 Å². The van der Waals surface area contributed by atoms with E-state index >= 15 is 0 Å². The van der Waals surface area contributed by atoms with Crippen molar-refractivity contribution in [1.29, 1.82) is 0 Å². The average molecular weight is 223 g/mol. The maximum Gasteiger partial charge on any atom is 0.0296 e. The summed E-state index contributed by atoms with van der Waals surface area (Å²) in [6.45, 7) is 2.27. The van der Waals surface area contributed by atoms with Crippen molar-refractivity contribution >= 4 is 25.3 Å². The summed E-state index contributed by atoms with van der Waals surface area (Å²) >= 11 is 8.39. The monoisotopic (exact) mass is 223 g/mol. The third-order valence-corrected chi connectivity index (χ3v) is 2.46. The Morgan fingerprint density at radius 3 is 2.08 bits per heavy atom. The molecule has 0 aromatic heterocycles. The van der Waals surface area contributed by atoms with Crippen LogP contribution in [-0.4, -0.2) is 36.7 Å². The molecule has 0 radical (unpaired) electrons. The summed E-state index contributed by atoms with van der Waals surface area (Å²) in [5.41, 5.74) is 11.4. The number of thiol groups is 2. The summed E-state index contributed by atoms with van der Waals surface area (Å²) in [5.74, 6) is 1.63. The molecule has 0 rings (SSSR count). The van der Waals surface area contributed by atoms with Gasteiger partial charge in [0.25, 0.3) is 0 Å². The fourth-order valence-corrected chi connectivity index (χ4v) is 2.08. The Hall–Kier alpha value is 0.580. The lowest BCUT2D eigenvalue weighted by molar-refractivity contribution is 0.378. The van der Waals surface area contributed by atoms with Crippen molar-refractivity contribution in [2.45, 2.75) is 18.4 Å². The molecule has 0 heterocycles. The van der Waals surface area contributed by atoms with Crippen molar-refractivity contribution in [2.75, 3.05) is 31.1 Å². The van der Waals surface area contributed by atoms with Gasteiger partial charge in [-0.3, -0.25) is 0 Å². The Balaban J connectivity index is 3.76. The highest BCUT2D eigenvalue weighted by molar-refractivity contribution is 7.80. The second-order valence-corrected chi connectivity index (χ2v) is 4.17. The van der Waals surface area contributed by atoms with Crippen molar-refractivity contribution in [1.82, 2.24) is 5.32 Å². The smallest absolute Gasteiger partial charge is 0.0296 e. The van der Waals surface area contributed by atoms with E-state index in [1.165, 1.54) is 0 Å². The number of nitrogens with one attached hydrogen (secondary N) is 1. The molecule has 0 aliphatic heterocycles. The Morgan fingerprint density at radius 1 is 1.15 bits per heavy atom. The van der Waals surface area contributed by atoms with Crippen LogP contribution in [0.1, 0.15) is 12.8 Å². The lowest BCUT2D eigenvalue weighted by atomic mass is 9.94. The van der Waals surface area contributed by atoms with Crippen LogP contribution in [0.5, 0.6) is 0 Å². The number of rotatable bonds is 8. The fourth-order valence-electron chi connectivity index (χ4n) is 1.19. The summed E-state index contributed by atoms with van der Waals surface area (Å²) < 4.78 is 0. The van der Waals surface area contributed by atoms with E-state index < -0.39 is 0 Å². The second-order valence-electron chi connectivity index (χ2n) is 3.28. The first-order chi connectivity index (χ1) is 6.18. The molecule has 13 heavy (non-hydrogen) atoms. The molecule has 0 bridgehead atoms. The van der Waals surface area contributed by atoms with Crippen molar-refractivity contribution < 1.29 is 0 Å². The molecule has 0 aromatic carbocycles. The first-order valence-corrected chi connectivity index (χ1v) is 5.86. The molecule has 0 aliphatic rings. The highest BCUT2D eigenvalue weighted by Gasteiger charge is 2.22. The Bertz CT molecular complexity index is 116. The topological polar surface area (TPSA) is 64.1 Å². The van der Waals surface area contributed by atoms with Crippen molar-refractivity contribution in [3.8, 4) is 0 Å². The van der Waals surface area contributed by atoms with Crippen LogP contribution in [0.4, 0.5) is 0 Å². The summed E-state index contributed by atoms with van der Waals surface area (Å²) in [6, 6.07) is 0. The lowest BCUT2D eigenvalue weighted by Gasteiger charge is -2.28. The predicted molar refractivity (Wildman–Crippen MR) is 65.8 cm³/mol. The van der Waals surface area contributed by atoms with Crippen LogP contribution in [-0.2, 0) is 0 Å². The molecule has 80 valence electrons. The maximum atomic E-state index is 6.16. The van der Waals surface area contributed by atoms with E-state index in [9.17, 15) is 0 Å². The van der Waals surface area contributed by atoms with E-state index in [4.69, 9.17) is 11.5 Å². The quantitative estimate of drug-likeness (QED) is 0.294. The van der Waals surface area contributed by atoms with Crippen molar-refractivity contribution in [2.24, 2.45) is 11.5 Å². The molecule has 3 nitrogen and oxygen atoms in total. The van der Waals surface area contributed by atoms with Crippen LogP contribution in [0, 0.1) is 0 Å². The van der Waals surface area contributed by atoms with Gasteiger partial charge in [0.1, 0.15) is 0 Å². The summed E-state index contributed by atoms with van der Waals surface area (Å²) in [7, 11) is 0. The first kappa shape index (κ1) is 13.6. The molecule has 0 aliphatic carbocycles. The van der Waals surface area contributed by atoms with Gasteiger partial charge in [0.2, 0.25) is 0 Å². The first-order valence-electron chi connectivity index (χ1n) is 4.60. The molecule has 0 amide bonds. The minimum Gasteiger partial charge on any atom is -0.329 e. The van der Waals surface area contributed by atoms with Crippen LogP contribution in [0.3, 0.4) is 0 Å². The van der Waals surface area contributed by atoms with E-state index in [0.717, 1.165) is 37.4 Å². The highest BCUT2D eigenvalue weighted by atomic mass is 32.1. The molecule has 0 unspecified atom stereocenters. The van der Waals surface area contributed by atoms with Gasteiger partial charge in [0.05, 0.1) is 0 Å². The molecule has 0 saturated heterocycles. The van der Waals surface area contributed by atoms with Gasteiger partial charge in [-0.15, -0.1) is 0 Å². The zero-order valence-corrected chi connectivity index (χ0v) is 9.79. The lowest BCUT2D eigenvalue weighted by Crippen LogP contribution is -2.50. The van der Waals surface area contributed by atoms with E-state index in [1.54, 1.807) is 0 Å². The molecule has 5 heteroatoms. The molecule has 0 aromatic rings. The van der Waals surface area contributed by atoms with Gasteiger partial charge in [-0.2, -0.15) is 25.3 Å². The second kappa shape index (κ2) is 7.94. The van der Waals surface area contributed by atoms with Gasteiger partial charge in [0.15, 0.2) is 0 Å². The van der Waals surface area contributed by atoms with Gasteiger partial charge in [-0.05, 0) is 24.3 Å². The third kappa shape index (κ3) is 6.62. The van der Waals surface area contributed by atoms with E-state index in [2.05, 4.69) is 30.6 Å². The van der Waals surface area contributed by atoms with E-state index in [1.807, 2.05) is 0 Å². The van der Waals surface area contributed by atoms with Crippen molar-refractivity contribution in [3.05, 3.63) is 0 Å². The van der Waals surface area contributed by atoms with Gasteiger partial charge >= 0.3 is 0 Å². The zero-order chi connectivity index (χ0) is 10.2. The number of hydrogen-bond donors (Lipinski definition) is 5. The Kier molecular flexibility index (Phi) is 8.29. The van der Waals surface area contributed by atoms with E-state index in [0.29, 0.717) is 6.54 Å². The fraction of sp³-hybridized carbons (Fsp3) is 1.00. The van der Waals surface area contributed by atoms with Crippen LogP contribution in [0.15, 0.2) is 0 Å². The highest BCUT2D eigenvalue weighted by Crippen LogP contribution is 2.12. The minimum atomic E-state index is -0.168. The largest absolute Gasteiger partial charge is 0.329 e. The van der Waals surface area contributed by atoms with Gasteiger partial charge in [-0.1, -0.05) is 0 Å². The van der Waals surface area contributed by atoms with E-state index in [-0.39, 0.29) is 5.54 Å². The Morgan fingerprint density at radius 2 is 1.69 bits per heavy atom. The summed E-state index contributed by atoms with van der Waals surface area (Å²) in [5, 5.41) is 3.23. The van der Waals surface area contributed by atoms with Gasteiger partial charge in [0, 0.05) is 25.2 Å². The zero-order valence-electron chi connectivity index (χ0n) is 8.00. The molecule has 0 fully saturated rings.